The van der Waals surface area contributed by atoms with Crippen LogP contribution in [0.25, 0.3) is 0 Å². The van der Waals surface area contributed by atoms with E-state index in [9.17, 15) is 17.9 Å². The highest BCUT2D eigenvalue weighted by Crippen LogP contribution is 2.28. The van der Waals surface area contributed by atoms with Gasteiger partial charge in [0, 0.05) is 18.9 Å². The van der Waals surface area contributed by atoms with Crippen LogP contribution in [0, 0.1) is 5.82 Å². The van der Waals surface area contributed by atoms with Gasteiger partial charge < -0.3 is 5.11 Å². The van der Waals surface area contributed by atoms with E-state index in [-0.39, 0.29) is 11.4 Å². The fraction of sp³-hybridized carbons (Fsp3) is 0.312. The van der Waals surface area contributed by atoms with Crippen molar-refractivity contribution in [3.63, 3.8) is 0 Å². The lowest BCUT2D eigenvalue weighted by atomic mass is 10.0. The molecule has 1 saturated heterocycles. The first-order valence-electron chi connectivity index (χ1n) is 7.33. The molecule has 0 unspecified atom stereocenters. The fourth-order valence-corrected chi connectivity index (χ4v) is 4.57. The molecule has 0 spiro atoms. The van der Waals surface area contributed by atoms with Gasteiger partial charge >= 0.3 is 0 Å². The maximum absolute atomic E-state index is 13.4. The van der Waals surface area contributed by atoms with Crippen LogP contribution in [0.2, 0.25) is 0 Å². The molecule has 1 aliphatic heterocycles. The molecule has 1 aromatic carbocycles. The molecule has 23 heavy (non-hydrogen) atoms. The largest absolute Gasteiger partial charge is 0.391 e. The highest BCUT2D eigenvalue weighted by molar-refractivity contribution is 7.89. The Bertz CT molecular complexity index is 783. The molecule has 1 aromatic heterocycles. The average molecular weight is 336 g/mol. The van der Waals surface area contributed by atoms with E-state index in [0.717, 1.165) is 11.6 Å². The SMILES string of the molecule is O=S(=O)(c1cccc(F)c1)N1CC[C@@H](O)[C@@H]1Cc1cccnc1. The number of aliphatic hydroxyl groups is 1. The number of nitrogens with zero attached hydrogens (tertiary/aromatic N) is 2. The van der Waals surface area contributed by atoms with Crippen molar-refractivity contribution in [3.05, 3.63) is 60.2 Å². The number of sulfonamides is 1. The van der Waals surface area contributed by atoms with E-state index in [1.807, 2.05) is 6.07 Å². The van der Waals surface area contributed by atoms with Crippen LogP contribution < -0.4 is 0 Å². The van der Waals surface area contributed by atoms with E-state index < -0.39 is 28.0 Å². The van der Waals surface area contributed by atoms with E-state index in [1.54, 1.807) is 18.5 Å². The topological polar surface area (TPSA) is 70.5 Å². The van der Waals surface area contributed by atoms with Crippen molar-refractivity contribution in [2.45, 2.75) is 29.9 Å². The first kappa shape index (κ1) is 16.0. The number of hydrogen-bond acceptors (Lipinski definition) is 4. The van der Waals surface area contributed by atoms with E-state index in [4.69, 9.17) is 0 Å². The molecule has 7 heteroatoms. The Hall–Kier alpha value is -1.83. The number of halogens is 1. The minimum Gasteiger partial charge on any atom is -0.391 e. The molecule has 2 heterocycles. The molecule has 0 radical (unpaired) electrons. The third kappa shape index (κ3) is 3.26. The number of benzene rings is 1. The van der Waals surface area contributed by atoms with Crippen molar-refractivity contribution < 1.29 is 17.9 Å². The Balaban J connectivity index is 1.91. The second kappa shape index (κ2) is 6.35. The lowest BCUT2D eigenvalue weighted by Gasteiger charge is -2.25. The van der Waals surface area contributed by atoms with Crippen molar-refractivity contribution in [3.8, 4) is 0 Å². The standard InChI is InChI=1S/C16H17FN2O3S/c17-13-4-1-5-14(10-13)23(21,22)19-8-6-16(20)15(19)9-12-3-2-7-18-11-12/h1-5,7,10-11,15-16,20H,6,8-9H2/t15-,16+/m0/s1. The normalized spacial score (nSPS) is 22.3. The molecule has 122 valence electrons. The molecule has 3 rings (SSSR count). The van der Waals surface area contributed by atoms with E-state index in [1.165, 1.54) is 22.5 Å². The zero-order chi connectivity index (χ0) is 16.4. The number of pyridine rings is 1. The maximum Gasteiger partial charge on any atom is 0.243 e. The van der Waals surface area contributed by atoms with Gasteiger partial charge in [0.05, 0.1) is 17.0 Å². The molecular weight excluding hydrogens is 319 g/mol. The summed E-state index contributed by atoms with van der Waals surface area (Å²) >= 11 is 0. The Kier molecular flexibility index (Phi) is 4.43. The summed E-state index contributed by atoms with van der Waals surface area (Å²) in [4.78, 5) is 3.91. The third-order valence-electron chi connectivity index (χ3n) is 4.03. The predicted octanol–water partition coefficient (Wildman–Crippen LogP) is 1.59. The summed E-state index contributed by atoms with van der Waals surface area (Å²) in [6, 6.07) is 7.96. The van der Waals surface area contributed by atoms with Gasteiger partial charge in [0.1, 0.15) is 5.82 Å². The minimum atomic E-state index is -3.85. The molecule has 1 fully saturated rings. The third-order valence-corrected chi connectivity index (χ3v) is 5.95. The molecule has 1 aliphatic rings. The number of aliphatic hydroxyl groups excluding tert-OH is 1. The van der Waals surface area contributed by atoms with Crippen molar-refractivity contribution in [2.75, 3.05) is 6.54 Å². The summed E-state index contributed by atoms with van der Waals surface area (Å²) in [6.45, 7) is 0.213. The summed E-state index contributed by atoms with van der Waals surface area (Å²) in [6.07, 6.45) is 3.26. The van der Waals surface area contributed by atoms with Crippen LogP contribution in [0.4, 0.5) is 4.39 Å². The second-order valence-corrected chi connectivity index (χ2v) is 7.45. The van der Waals surface area contributed by atoms with Gasteiger partial charge in [-0.1, -0.05) is 12.1 Å². The lowest BCUT2D eigenvalue weighted by Crippen LogP contribution is -2.41. The molecule has 2 aromatic rings. The van der Waals surface area contributed by atoms with Crippen LogP contribution in [0.15, 0.2) is 53.7 Å². The minimum absolute atomic E-state index is 0.0946. The Labute approximate surface area is 134 Å². The Morgan fingerprint density at radius 1 is 1.30 bits per heavy atom. The summed E-state index contributed by atoms with van der Waals surface area (Å²) in [7, 11) is -3.85. The average Bonchev–Trinajstić information content (AvgIpc) is 2.90. The maximum atomic E-state index is 13.4. The van der Waals surface area contributed by atoms with Gasteiger partial charge in [-0.2, -0.15) is 4.31 Å². The summed E-state index contributed by atoms with van der Waals surface area (Å²) in [5.74, 6) is -0.602. The van der Waals surface area contributed by atoms with Crippen molar-refractivity contribution in [1.82, 2.24) is 9.29 Å². The Morgan fingerprint density at radius 2 is 2.13 bits per heavy atom. The number of rotatable bonds is 4. The van der Waals surface area contributed by atoms with Crippen molar-refractivity contribution in [1.29, 1.82) is 0 Å². The molecule has 0 bridgehead atoms. The van der Waals surface area contributed by atoms with Crippen LogP contribution in [-0.2, 0) is 16.4 Å². The summed E-state index contributed by atoms with van der Waals surface area (Å²) in [5.41, 5.74) is 0.845. The van der Waals surface area contributed by atoms with E-state index in [2.05, 4.69) is 4.98 Å². The predicted molar refractivity (Wildman–Crippen MR) is 82.6 cm³/mol. The first-order chi connectivity index (χ1) is 11.0. The van der Waals surface area contributed by atoms with Gasteiger partial charge in [-0.3, -0.25) is 4.98 Å². The smallest absolute Gasteiger partial charge is 0.243 e. The summed E-state index contributed by atoms with van der Waals surface area (Å²) in [5, 5.41) is 10.2. The lowest BCUT2D eigenvalue weighted by molar-refractivity contribution is 0.142. The second-order valence-electron chi connectivity index (χ2n) is 5.56. The summed E-state index contributed by atoms with van der Waals surface area (Å²) < 4.78 is 40.2. The highest BCUT2D eigenvalue weighted by Gasteiger charge is 2.40. The monoisotopic (exact) mass is 336 g/mol. The van der Waals surface area contributed by atoms with Gasteiger partial charge in [-0.25, -0.2) is 12.8 Å². The van der Waals surface area contributed by atoms with Gasteiger partial charge in [-0.05, 0) is 42.7 Å². The molecule has 5 nitrogen and oxygen atoms in total. The zero-order valence-electron chi connectivity index (χ0n) is 12.3. The molecule has 1 N–H and O–H groups in total. The van der Waals surface area contributed by atoms with Crippen LogP contribution >= 0.6 is 0 Å². The molecule has 0 saturated carbocycles. The van der Waals surface area contributed by atoms with Crippen LogP contribution in [0.5, 0.6) is 0 Å². The van der Waals surface area contributed by atoms with Crippen molar-refractivity contribution in [2.24, 2.45) is 0 Å². The first-order valence-corrected chi connectivity index (χ1v) is 8.77. The van der Waals surface area contributed by atoms with E-state index in [0.29, 0.717) is 12.8 Å². The molecule has 0 amide bonds. The van der Waals surface area contributed by atoms with Gasteiger partial charge in [0.25, 0.3) is 0 Å². The highest BCUT2D eigenvalue weighted by atomic mass is 32.2. The quantitative estimate of drug-likeness (QED) is 0.920. The van der Waals surface area contributed by atoms with Crippen LogP contribution in [0.3, 0.4) is 0 Å². The number of aromatic nitrogens is 1. The Morgan fingerprint density at radius 3 is 2.83 bits per heavy atom. The zero-order valence-corrected chi connectivity index (χ0v) is 13.2. The van der Waals surface area contributed by atoms with Gasteiger partial charge in [0.15, 0.2) is 0 Å². The van der Waals surface area contributed by atoms with Gasteiger partial charge in [0.2, 0.25) is 10.0 Å². The fourth-order valence-electron chi connectivity index (χ4n) is 2.87. The number of hydrogen-bond donors (Lipinski definition) is 1. The van der Waals surface area contributed by atoms with Crippen LogP contribution in [-0.4, -0.2) is 41.5 Å². The molecule has 0 aliphatic carbocycles. The molecule has 2 atom stereocenters. The molecular formula is C16H17FN2O3S. The van der Waals surface area contributed by atoms with Gasteiger partial charge in [-0.15, -0.1) is 0 Å². The van der Waals surface area contributed by atoms with Crippen molar-refractivity contribution >= 4 is 10.0 Å². The van der Waals surface area contributed by atoms with Crippen LogP contribution in [0.1, 0.15) is 12.0 Å². The van der Waals surface area contributed by atoms with E-state index >= 15 is 0 Å².